The highest BCUT2D eigenvalue weighted by Crippen LogP contribution is 2.29. The number of carbonyl (C=O) groups is 1. The maximum absolute atomic E-state index is 14.4. The number of imidazole rings is 1. The van der Waals surface area contributed by atoms with Crippen LogP contribution in [-0.4, -0.2) is 40.6 Å². The van der Waals surface area contributed by atoms with Crippen molar-refractivity contribution in [2.75, 3.05) is 0 Å². The van der Waals surface area contributed by atoms with E-state index >= 15 is 0 Å². The van der Waals surface area contributed by atoms with Crippen LogP contribution in [0.3, 0.4) is 0 Å². The van der Waals surface area contributed by atoms with Crippen molar-refractivity contribution in [2.45, 2.75) is 39.3 Å². The van der Waals surface area contributed by atoms with Crippen LogP contribution in [0.4, 0.5) is 0 Å². The Morgan fingerprint density at radius 1 is 1.07 bits per heavy atom. The van der Waals surface area contributed by atoms with Crippen LogP contribution < -0.4 is 5.56 Å². The lowest BCUT2D eigenvalue weighted by atomic mass is 9.98. The molecule has 1 aliphatic heterocycles. The lowest BCUT2D eigenvalue weighted by Gasteiger charge is -2.35. The molecule has 1 amide bonds. The van der Waals surface area contributed by atoms with Gasteiger partial charge in [0.2, 0.25) is 0 Å². The van der Waals surface area contributed by atoms with E-state index in [1.54, 1.807) is 10.9 Å². The molecule has 4 heterocycles. The highest BCUT2D eigenvalue weighted by Gasteiger charge is 2.33. The number of benzene rings is 3. The van der Waals surface area contributed by atoms with E-state index in [2.05, 4.69) is 33.0 Å². The smallest absolute Gasteiger partial charge is 0.261 e. The number of hydrogen-bond donors (Lipinski definition) is 0. The highest BCUT2D eigenvalue weighted by atomic mass is 79.9. The largest absolute Gasteiger partial charge is 0.334 e. The molecule has 3 aromatic heterocycles. The molecule has 3 aromatic carbocycles. The molecule has 0 aliphatic carbocycles. The number of amides is 1. The standard InChI is InChI=1S/C33H29BrN6O2/c1-20-13-23(9-11-27(20)34)32(41)38-18-30-26(14-21(38)2)33(42)39(25-10-12-29-28(16-25)35-19-37(29)3)31-24(17-36-40(30)31)15-22-7-5-4-6-8-22/h4-13,16-17,19,21H,14-15,18H2,1-3H3/t21-/m1/s1. The van der Waals surface area contributed by atoms with E-state index in [0.717, 1.165) is 43.6 Å². The predicted octanol–water partition coefficient (Wildman–Crippen LogP) is 5.62. The minimum absolute atomic E-state index is 0.0571. The highest BCUT2D eigenvalue weighted by molar-refractivity contribution is 9.10. The first-order valence-corrected chi connectivity index (χ1v) is 14.8. The second-order valence-electron chi connectivity index (χ2n) is 11.1. The van der Waals surface area contributed by atoms with Crippen molar-refractivity contribution in [1.82, 2.24) is 28.6 Å². The molecule has 0 bridgehead atoms. The number of carbonyl (C=O) groups excluding carboxylic acids is 1. The fourth-order valence-corrected chi connectivity index (χ4v) is 6.29. The van der Waals surface area contributed by atoms with Gasteiger partial charge in [-0.1, -0.05) is 46.3 Å². The van der Waals surface area contributed by atoms with Gasteiger partial charge in [0.25, 0.3) is 11.5 Å². The van der Waals surface area contributed by atoms with Crippen LogP contribution >= 0.6 is 15.9 Å². The van der Waals surface area contributed by atoms with Gasteiger partial charge < -0.3 is 9.47 Å². The minimum Gasteiger partial charge on any atom is -0.334 e. The quantitative estimate of drug-likeness (QED) is 0.256. The second-order valence-corrected chi connectivity index (χ2v) is 12.0. The number of halogens is 1. The molecule has 0 saturated carbocycles. The molecule has 210 valence electrons. The molecule has 1 aliphatic rings. The van der Waals surface area contributed by atoms with Gasteiger partial charge in [-0.2, -0.15) is 5.10 Å². The van der Waals surface area contributed by atoms with Crippen molar-refractivity contribution in [2.24, 2.45) is 7.05 Å². The van der Waals surface area contributed by atoms with Gasteiger partial charge in [-0.3, -0.25) is 14.2 Å². The zero-order chi connectivity index (χ0) is 29.1. The summed E-state index contributed by atoms with van der Waals surface area (Å²) in [4.78, 5) is 34.6. The average molecular weight is 622 g/mol. The normalized spacial score (nSPS) is 15.0. The van der Waals surface area contributed by atoms with E-state index in [4.69, 9.17) is 5.10 Å². The summed E-state index contributed by atoms with van der Waals surface area (Å²) in [5, 5.41) is 4.83. The summed E-state index contributed by atoms with van der Waals surface area (Å²) < 4.78 is 6.58. The number of aryl methyl sites for hydroxylation is 2. The number of rotatable bonds is 4. The van der Waals surface area contributed by atoms with Crippen LogP contribution in [0.25, 0.3) is 22.4 Å². The van der Waals surface area contributed by atoms with Crippen molar-refractivity contribution in [3.05, 3.63) is 128 Å². The first kappa shape index (κ1) is 26.4. The second kappa shape index (κ2) is 10.1. The van der Waals surface area contributed by atoms with E-state index in [1.165, 1.54) is 0 Å². The Labute approximate surface area is 251 Å². The first-order chi connectivity index (χ1) is 20.3. The first-order valence-electron chi connectivity index (χ1n) is 14.0. The van der Waals surface area contributed by atoms with E-state index in [-0.39, 0.29) is 17.5 Å². The number of nitrogens with zero attached hydrogens (tertiary/aromatic N) is 6. The number of fused-ring (bicyclic) bond motifs is 4. The minimum atomic E-state index is -0.162. The van der Waals surface area contributed by atoms with Crippen LogP contribution in [0.15, 0.2) is 88.5 Å². The van der Waals surface area contributed by atoms with Crippen LogP contribution in [0.2, 0.25) is 0 Å². The van der Waals surface area contributed by atoms with Gasteiger partial charge in [0, 0.05) is 40.7 Å². The maximum atomic E-state index is 14.4. The molecule has 1 atom stereocenters. The number of aromatic nitrogens is 5. The topological polar surface area (TPSA) is 77.4 Å². The zero-order valence-corrected chi connectivity index (χ0v) is 25.2. The van der Waals surface area contributed by atoms with E-state index in [1.807, 2.05) is 95.7 Å². The zero-order valence-electron chi connectivity index (χ0n) is 23.6. The van der Waals surface area contributed by atoms with Gasteiger partial charge >= 0.3 is 0 Å². The summed E-state index contributed by atoms with van der Waals surface area (Å²) in [6, 6.07) is 21.6. The summed E-state index contributed by atoms with van der Waals surface area (Å²) in [6.45, 7) is 4.27. The SMILES string of the molecule is Cc1cc(C(=O)N2Cc3c(c(=O)n(-c4ccc5c(c4)ncn5C)c4c(Cc5ccccc5)cnn34)C[C@H]2C)ccc1Br. The van der Waals surface area contributed by atoms with Gasteiger partial charge in [-0.05, 0) is 67.8 Å². The molecule has 7 rings (SSSR count). The van der Waals surface area contributed by atoms with Crippen LogP contribution in [-0.2, 0) is 26.4 Å². The maximum Gasteiger partial charge on any atom is 0.261 e. The molecular formula is C33H29BrN6O2. The number of hydrogen-bond acceptors (Lipinski definition) is 4. The third-order valence-electron chi connectivity index (χ3n) is 8.32. The lowest BCUT2D eigenvalue weighted by molar-refractivity contribution is 0.0651. The summed E-state index contributed by atoms with van der Waals surface area (Å²) in [7, 11) is 1.96. The molecule has 0 saturated heterocycles. The van der Waals surface area contributed by atoms with Crippen LogP contribution in [0.1, 0.15) is 45.2 Å². The Bertz CT molecular complexity index is 2070. The van der Waals surface area contributed by atoms with E-state index < -0.39 is 0 Å². The van der Waals surface area contributed by atoms with Crippen LogP contribution in [0.5, 0.6) is 0 Å². The molecule has 0 spiro atoms. The van der Waals surface area contributed by atoms with Crippen molar-refractivity contribution < 1.29 is 4.79 Å². The van der Waals surface area contributed by atoms with Gasteiger partial charge in [0.05, 0.1) is 41.5 Å². The van der Waals surface area contributed by atoms with E-state index in [9.17, 15) is 9.59 Å². The Hall–Kier alpha value is -4.50. The summed E-state index contributed by atoms with van der Waals surface area (Å²) in [5.74, 6) is -0.0571. The average Bonchev–Trinajstić information content (AvgIpc) is 3.58. The van der Waals surface area contributed by atoms with Crippen molar-refractivity contribution in [3.8, 4) is 5.69 Å². The Balaban J connectivity index is 1.41. The molecule has 6 aromatic rings. The molecule has 9 heteroatoms. The fraction of sp³-hybridized carbons (Fsp3) is 0.212. The Morgan fingerprint density at radius 3 is 2.67 bits per heavy atom. The fourth-order valence-electron chi connectivity index (χ4n) is 6.04. The molecule has 0 radical (unpaired) electrons. The summed E-state index contributed by atoms with van der Waals surface area (Å²) >= 11 is 3.53. The Morgan fingerprint density at radius 2 is 1.88 bits per heavy atom. The molecule has 0 unspecified atom stereocenters. The van der Waals surface area contributed by atoms with Gasteiger partial charge in [-0.25, -0.2) is 9.50 Å². The van der Waals surface area contributed by atoms with Gasteiger partial charge in [-0.15, -0.1) is 0 Å². The predicted molar refractivity (Wildman–Crippen MR) is 166 cm³/mol. The van der Waals surface area contributed by atoms with Gasteiger partial charge in [0.15, 0.2) is 0 Å². The third-order valence-corrected chi connectivity index (χ3v) is 9.21. The lowest BCUT2D eigenvalue weighted by Crippen LogP contribution is -2.46. The van der Waals surface area contributed by atoms with Crippen molar-refractivity contribution in [1.29, 1.82) is 0 Å². The van der Waals surface area contributed by atoms with Crippen molar-refractivity contribution >= 4 is 38.5 Å². The van der Waals surface area contributed by atoms with E-state index in [0.29, 0.717) is 36.2 Å². The molecule has 0 fully saturated rings. The van der Waals surface area contributed by atoms with Crippen molar-refractivity contribution in [3.63, 3.8) is 0 Å². The monoisotopic (exact) mass is 620 g/mol. The molecule has 8 nitrogen and oxygen atoms in total. The molecule has 42 heavy (non-hydrogen) atoms. The molecule has 0 N–H and O–H groups in total. The summed E-state index contributed by atoms with van der Waals surface area (Å²) in [6.07, 6.45) is 4.68. The molecular weight excluding hydrogens is 592 g/mol. The third kappa shape index (κ3) is 4.27. The van der Waals surface area contributed by atoms with Gasteiger partial charge in [0.1, 0.15) is 5.65 Å². The van der Waals surface area contributed by atoms with Crippen LogP contribution in [0, 0.1) is 6.92 Å². The Kier molecular flexibility index (Phi) is 6.35. The summed E-state index contributed by atoms with van der Waals surface area (Å²) in [5.41, 5.74) is 8.30.